The minimum atomic E-state index is -0.0931. The van der Waals surface area contributed by atoms with Crippen molar-refractivity contribution in [3.8, 4) is 5.75 Å². The van der Waals surface area contributed by atoms with Gasteiger partial charge in [0.05, 0.1) is 11.7 Å². The summed E-state index contributed by atoms with van der Waals surface area (Å²) >= 11 is 6.05. The van der Waals surface area contributed by atoms with Crippen molar-refractivity contribution in [2.75, 3.05) is 0 Å². The van der Waals surface area contributed by atoms with E-state index in [4.69, 9.17) is 16.3 Å². The van der Waals surface area contributed by atoms with Crippen LogP contribution in [0.2, 0.25) is 5.02 Å². The lowest BCUT2D eigenvalue weighted by Crippen LogP contribution is -2.48. The van der Waals surface area contributed by atoms with Gasteiger partial charge in [-0.3, -0.25) is 4.79 Å². The lowest BCUT2D eigenvalue weighted by Gasteiger charge is -2.30. The molecule has 2 atom stereocenters. The molecule has 4 nitrogen and oxygen atoms in total. The number of rotatable bonds is 4. The van der Waals surface area contributed by atoms with Crippen LogP contribution in [-0.2, 0) is 0 Å². The molecule has 1 aromatic rings. The summed E-state index contributed by atoms with van der Waals surface area (Å²) in [6.07, 6.45) is 4.46. The highest BCUT2D eigenvalue weighted by molar-refractivity contribution is 6.31. The zero-order chi connectivity index (χ0) is 15.7. The highest BCUT2D eigenvalue weighted by atomic mass is 35.5. The van der Waals surface area contributed by atoms with Crippen LogP contribution in [-0.4, -0.2) is 30.1 Å². The molecule has 22 heavy (non-hydrogen) atoms. The van der Waals surface area contributed by atoms with Crippen LogP contribution >= 0.6 is 11.6 Å². The molecule has 2 heterocycles. The smallest absolute Gasteiger partial charge is 0.255 e. The zero-order valence-corrected chi connectivity index (χ0v) is 13.8. The molecule has 2 aliphatic heterocycles. The van der Waals surface area contributed by atoms with Crippen LogP contribution in [0.25, 0.3) is 0 Å². The summed E-state index contributed by atoms with van der Waals surface area (Å²) in [6, 6.07) is 6.54. The molecule has 2 unspecified atom stereocenters. The number of ether oxygens (including phenoxy) is 1. The number of carbonyl (C=O) groups excluding carboxylic acids is 1. The fourth-order valence-electron chi connectivity index (χ4n) is 3.47. The van der Waals surface area contributed by atoms with Crippen LogP contribution in [0, 0.1) is 0 Å². The average Bonchev–Trinajstić information content (AvgIpc) is 2.79. The molecule has 2 bridgehead atoms. The largest absolute Gasteiger partial charge is 0.490 e. The third-order valence-corrected chi connectivity index (χ3v) is 4.59. The number of piperidine rings is 1. The minimum absolute atomic E-state index is 0.0162. The Morgan fingerprint density at radius 3 is 2.64 bits per heavy atom. The molecule has 2 N–H and O–H groups in total. The molecule has 120 valence electrons. The second kappa shape index (κ2) is 6.47. The maximum absolute atomic E-state index is 12.6. The zero-order valence-electron chi connectivity index (χ0n) is 13.1. The maximum atomic E-state index is 12.6. The van der Waals surface area contributed by atoms with Gasteiger partial charge in [-0.25, -0.2) is 0 Å². The van der Waals surface area contributed by atoms with Gasteiger partial charge in [0.25, 0.3) is 5.91 Å². The fourth-order valence-corrected chi connectivity index (χ4v) is 3.65. The number of fused-ring (bicyclic) bond motifs is 2. The molecule has 0 aromatic heterocycles. The van der Waals surface area contributed by atoms with Crippen LogP contribution in [0.5, 0.6) is 5.75 Å². The van der Waals surface area contributed by atoms with Crippen molar-refractivity contribution in [2.24, 2.45) is 0 Å². The number of halogens is 1. The molecule has 0 aliphatic carbocycles. The van der Waals surface area contributed by atoms with Gasteiger partial charge in [0.15, 0.2) is 0 Å². The Bertz CT molecular complexity index is 550. The molecule has 2 saturated heterocycles. The van der Waals surface area contributed by atoms with Gasteiger partial charge in [-0.1, -0.05) is 11.6 Å². The number of nitrogens with one attached hydrogen (secondary N) is 2. The van der Waals surface area contributed by atoms with Gasteiger partial charge in [0, 0.05) is 23.1 Å². The average molecular weight is 323 g/mol. The van der Waals surface area contributed by atoms with Crippen LogP contribution in [0.4, 0.5) is 0 Å². The van der Waals surface area contributed by atoms with Gasteiger partial charge in [-0.2, -0.15) is 0 Å². The standard InChI is InChI=1S/C17H23ClN2O2/c1-10(2)22-16-6-3-11(18)7-15(16)17(21)20-14-8-12-4-5-13(9-14)19-12/h3,6-7,10,12-14,19H,4-5,8-9H2,1-2H3,(H,20,21). The minimum Gasteiger partial charge on any atom is -0.490 e. The van der Waals surface area contributed by atoms with Crippen LogP contribution < -0.4 is 15.4 Å². The van der Waals surface area contributed by atoms with Crippen molar-refractivity contribution in [2.45, 2.75) is 63.8 Å². The molecule has 0 saturated carbocycles. The summed E-state index contributed by atoms with van der Waals surface area (Å²) in [5, 5.41) is 7.29. The summed E-state index contributed by atoms with van der Waals surface area (Å²) in [6.45, 7) is 3.89. The van der Waals surface area contributed by atoms with Gasteiger partial charge in [0.2, 0.25) is 0 Å². The topological polar surface area (TPSA) is 50.4 Å². The second-order valence-corrected chi connectivity index (χ2v) is 7.02. The van der Waals surface area contributed by atoms with Crippen molar-refractivity contribution in [3.05, 3.63) is 28.8 Å². The Morgan fingerprint density at radius 1 is 1.32 bits per heavy atom. The molecule has 1 amide bonds. The van der Waals surface area contributed by atoms with Crippen LogP contribution in [0.1, 0.15) is 49.9 Å². The van der Waals surface area contributed by atoms with Crippen molar-refractivity contribution in [1.82, 2.24) is 10.6 Å². The lowest BCUT2D eigenvalue weighted by molar-refractivity contribution is 0.0918. The van der Waals surface area contributed by atoms with Gasteiger partial charge in [-0.05, 0) is 57.7 Å². The summed E-state index contributed by atoms with van der Waals surface area (Å²) < 4.78 is 5.73. The summed E-state index contributed by atoms with van der Waals surface area (Å²) in [7, 11) is 0. The maximum Gasteiger partial charge on any atom is 0.255 e. The lowest BCUT2D eigenvalue weighted by atomic mass is 9.99. The monoisotopic (exact) mass is 322 g/mol. The van der Waals surface area contributed by atoms with E-state index in [9.17, 15) is 4.79 Å². The molecular weight excluding hydrogens is 300 g/mol. The van der Waals surface area contributed by atoms with E-state index in [2.05, 4.69) is 10.6 Å². The van der Waals surface area contributed by atoms with E-state index in [1.54, 1.807) is 18.2 Å². The van der Waals surface area contributed by atoms with Crippen molar-refractivity contribution >= 4 is 17.5 Å². The first-order valence-electron chi connectivity index (χ1n) is 8.04. The van der Waals surface area contributed by atoms with Gasteiger partial charge >= 0.3 is 0 Å². The Kier molecular flexibility index (Phi) is 4.59. The summed E-state index contributed by atoms with van der Waals surface area (Å²) in [5.74, 6) is 0.498. The van der Waals surface area contributed by atoms with E-state index in [1.807, 2.05) is 13.8 Å². The van der Waals surface area contributed by atoms with E-state index < -0.39 is 0 Å². The summed E-state index contributed by atoms with van der Waals surface area (Å²) in [5.41, 5.74) is 0.520. The molecule has 0 radical (unpaired) electrons. The molecule has 5 heteroatoms. The fraction of sp³-hybridized carbons (Fsp3) is 0.588. The Morgan fingerprint density at radius 2 is 2.00 bits per heavy atom. The van der Waals surface area contributed by atoms with Gasteiger partial charge in [0.1, 0.15) is 5.75 Å². The SMILES string of the molecule is CC(C)Oc1ccc(Cl)cc1C(=O)NC1CC2CCC(C1)N2. The number of hydrogen-bond acceptors (Lipinski definition) is 3. The molecular formula is C17H23ClN2O2. The third-order valence-electron chi connectivity index (χ3n) is 4.36. The third kappa shape index (κ3) is 3.55. The molecule has 1 aromatic carbocycles. The Balaban J connectivity index is 1.72. The number of amides is 1. The number of hydrogen-bond donors (Lipinski definition) is 2. The van der Waals surface area contributed by atoms with Crippen LogP contribution in [0.3, 0.4) is 0 Å². The van der Waals surface area contributed by atoms with E-state index in [0.717, 1.165) is 12.8 Å². The first-order chi connectivity index (χ1) is 10.5. The molecule has 2 aliphatic rings. The number of carbonyl (C=O) groups is 1. The molecule has 3 rings (SSSR count). The first-order valence-corrected chi connectivity index (χ1v) is 8.42. The first kappa shape index (κ1) is 15.6. The van der Waals surface area contributed by atoms with Gasteiger partial charge < -0.3 is 15.4 Å². The quantitative estimate of drug-likeness (QED) is 0.895. The van der Waals surface area contributed by atoms with E-state index in [0.29, 0.717) is 28.4 Å². The summed E-state index contributed by atoms with van der Waals surface area (Å²) in [4.78, 5) is 12.6. The van der Waals surface area contributed by atoms with Crippen molar-refractivity contribution < 1.29 is 9.53 Å². The number of benzene rings is 1. The highest BCUT2D eigenvalue weighted by Gasteiger charge is 2.34. The highest BCUT2D eigenvalue weighted by Crippen LogP contribution is 2.28. The molecule has 2 fully saturated rings. The Labute approximate surface area is 136 Å². The van der Waals surface area contributed by atoms with Gasteiger partial charge in [-0.15, -0.1) is 0 Å². The van der Waals surface area contributed by atoms with Crippen molar-refractivity contribution in [3.63, 3.8) is 0 Å². The van der Waals surface area contributed by atoms with Crippen LogP contribution in [0.15, 0.2) is 18.2 Å². The second-order valence-electron chi connectivity index (χ2n) is 6.59. The predicted octanol–water partition coefficient (Wildman–Crippen LogP) is 3.14. The van der Waals surface area contributed by atoms with E-state index in [-0.39, 0.29) is 18.1 Å². The van der Waals surface area contributed by atoms with E-state index in [1.165, 1.54) is 12.8 Å². The van der Waals surface area contributed by atoms with E-state index >= 15 is 0 Å². The normalized spacial score (nSPS) is 27.0. The molecule has 0 spiro atoms. The predicted molar refractivity (Wildman–Crippen MR) is 87.6 cm³/mol. The van der Waals surface area contributed by atoms with Crippen molar-refractivity contribution in [1.29, 1.82) is 0 Å². The Hall–Kier alpha value is -1.26.